The van der Waals surface area contributed by atoms with Crippen molar-refractivity contribution in [3.05, 3.63) is 123 Å². The third-order valence-corrected chi connectivity index (χ3v) is 16.6. The maximum Gasteiger partial charge on any atom is 0.510 e. The minimum atomic E-state index is -3.50. The SMILES string of the molecule is CC[C@@]1(OC(=O)OCc2ccc(NC(=O)[C@H](CCCCN)CC(=O)COCC(=O)CCCOCCn3cc(CNC(=O)CCCC#Cc4cnc(S(C)(=O)=O)nc4)nn3)cc2)C(=O)OCc2c1cc1n(c2=O)Cc2c-1nc1ccccc1c2CCN(C(C)=O)C(C)C. The molecule has 0 aliphatic carbocycles. The van der Waals surface area contributed by atoms with E-state index in [0.29, 0.717) is 117 Å². The summed E-state index contributed by atoms with van der Waals surface area (Å²) >= 11 is 0. The highest BCUT2D eigenvalue weighted by Crippen LogP contribution is 2.42. The molecule has 0 unspecified atom stereocenters. The van der Waals surface area contributed by atoms with Crippen molar-refractivity contribution in [2.75, 3.05) is 51.1 Å². The first kappa shape index (κ1) is 68.8. The maximum atomic E-state index is 14.4. The number of unbranched alkanes of at least 4 members (excludes halogenated alkanes) is 2. The van der Waals surface area contributed by atoms with Gasteiger partial charge in [0, 0.05) is 98.6 Å². The number of para-hydroxylation sites is 1. The summed E-state index contributed by atoms with van der Waals surface area (Å²) in [6.07, 6.45) is 7.89. The van der Waals surface area contributed by atoms with E-state index >= 15 is 0 Å². The minimum absolute atomic E-state index is 0.0232. The fourth-order valence-electron chi connectivity index (χ4n) is 10.9. The van der Waals surface area contributed by atoms with Crippen molar-refractivity contribution in [2.45, 2.75) is 148 Å². The number of ether oxygens (including phenoxy) is 5. The lowest BCUT2D eigenvalue weighted by atomic mass is 9.85. The molecule has 3 amide bonds. The zero-order valence-corrected chi connectivity index (χ0v) is 53.1. The van der Waals surface area contributed by atoms with Gasteiger partial charge in [-0.2, -0.15) is 0 Å². The number of cyclic esters (lactones) is 1. The van der Waals surface area contributed by atoms with Crippen LogP contribution in [0.25, 0.3) is 22.3 Å². The summed E-state index contributed by atoms with van der Waals surface area (Å²) in [5.41, 5.74) is 9.06. The van der Waals surface area contributed by atoms with Crippen molar-refractivity contribution in [1.29, 1.82) is 0 Å². The van der Waals surface area contributed by atoms with Gasteiger partial charge in [0.2, 0.25) is 38.3 Å². The number of carbonyl (C=O) groups excluding carboxylic acids is 7. The molecule has 4 aromatic heterocycles. The highest BCUT2D eigenvalue weighted by molar-refractivity contribution is 7.90. The number of nitrogens with two attached hydrogens (primary N) is 1. The first-order valence-electron chi connectivity index (χ1n) is 30.6. The fourth-order valence-corrected chi connectivity index (χ4v) is 11.4. The van der Waals surface area contributed by atoms with Gasteiger partial charge in [0.1, 0.15) is 32.1 Å². The Kier molecular flexibility index (Phi) is 24.1. The number of sulfone groups is 1. The molecular weight excluding hydrogens is 1210 g/mol. The highest BCUT2D eigenvalue weighted by Gasteiger charge is 2.51. The van der Waals surface area contributed by atoms with Crippen LogP contribution in [0.3, 0.4) is 0 Å². The lowest BCUT2D eigenvalue weighted by Crippen LogP contribution is -2.47. The predicted octanol–water partition coefficient (Wildman–Crippen LogP) is 5.59. The number of carbonyl (C=O) groups is 7. The minimum Gasteiger partial charge on any atom is -0.457 e. The van der Waals surface area contributed by atoms with Crippen LogP contribution >= 0.6 is 0 Å². The summed E-state index contributed by atoms with van der Waals surface area (Å²) in [6.45, 7) is 8.08. The molecule has 2 aliphatic heterocycles. The van der Waals surface area contributed by atoms with Gasteiger partial charge >= 0.3 is 12.1 Å². The molecule has 6 aromatic rings. The molecule has 0 spiro atoms. The molecule has 6 heterocycles. The number of aromatic nitrogens is 7. The van der Waals surface area contributed by atoms with Gasteiger partial charge in [0.25, 0.3) is 5.56 Å². The maximum absolute atomic E-state index is 14.4. The van der Waals surface area contributed by atoms with E-state index < -0.39 is 44.9 Å². The van der Waals surface area contributed by atoms with Crippen molar-refractivity contribution in [3.8, 4) is 23.2 Å². The van der Waals surface area contributed by atoms with E-state index in [1.165, 1.54) is 12.4 Å². The molecule has 0 saturated carbocycles. The fraction of sp³-hybridized carbons (Fsp3) is 0.462. The predicted molar refractivity (Wildman–Crippen MR) is 335 cm³/mol. The van der Waals surface area contributed by atoms with Gasteiger partial charge < -0.3 is 49.5 Å². The van der Waals surface area contributed by atoms with Crippen molar-refractivity contribution in [2.24, 2.45) is 11.7 Å². The molecule has 4 N–H and O–H groups in total. The van der Waals surface area contributed by atoms with E-state index in [-0.39, 0.29) is 111 Å². The Morgan fingerprint density at radius 2 is 1.68 bits per heavy atom. The van der Waals surface area contributed by atoms with Gasteiger partial charge in [-0.3, -0.25) is 28.8 Å². The first-order chi connectivity index (χ1) is 44.2. The van der Waals surface area contributed by atoms with Crippen LogP contribution in [0.1, 0.15) is 131 Å². The summed E-state index contributed by atoms with van der Waals surface area (Å²) in [6, 6.07) is 15.8. The van der Waals surface area contributed by atoms with Gasteiger partial charge in [0.05, 0.1) is 60.5 Å². The molecule has 0 bridgehead atoms. The van der Waals surface area contributed by atoms with Crippen LogP contribution < -0.4 is 21.9 Å². The Morgan fingerprint density at radius 3 is 2.41 bits per heavy atom. The van der Waals surface area contributed by atoms with Crippen molar-refractivity contribution in [1.82, 2.24) is 44.7 Å². The third kappa shape index (κ3) is 18.1. The Bertz CT molecular complexity index is 3920. The van der Waals surface area contributed by atoms with Gasteiger partial charge in [0.15, 0.2) is 11.6 Å². The molecule has 8 rings (SSSR count). The Labute approximate surface area is 532 Å². The molecule has 488 valence electrons. The van der Waals surface area contributed by atoms with Crippen LogP contribution in [-0.4, -0.2) is 141 Å². The smallest absolute Gasteiger partial charge is 0.457 e. The lowest BCUT2D eigenvalue weighted by molar-refractivity contribution is -0.175. The monoisotopic (exact) mass is 1280 g/mol. The molecule has 0 radical (unpaired) electrons. The zero-order valence-electron chi connectivity index (χ0n) is 52.3. The van der Waals surface area contributed by atoms with Crippen LogP contribution in [0.15, 0.2) is 83.1 Å². The van der Waals surface area contributed by atoms with E-state index in [4.69, 9.17) is 34.4 Å². The number of benzene rings is 2. The summed E-state index contributed by atoms with van der Waals surface area (Å²) < 4.78 is 54.3. The van der Waals surface area contributed by atoms with Crippen LogP contribution in [0, 0.1) is 17.8 Å². The third-order valence-electron chi connectivity index (χ3n) is 15.7. The summed E-state index contributed by atoms with van der Waals surface area (Å²) in [5.74, 6) is 2.99. The topological polar surface area (TPSA) is 344 Å². The molecule has 2 aromatic carbocycles. The summed E-state index contributed by atoms with van der Waals surface area (Å²) in [5, 5.41) is 14.4. The van der Waals surface area contributed by atoms with Crippen LogP contribution in [0.2, 0.25) is 0 Å². The Morgan fingerprint density at radius 1 is 0.924 bits per heavy atom. The number of anilines is 1. The van der Waals surface area contributed by atoms with Gasteiger partial charge in [-0.1, -0.05) is 60.7 Å². The highest BCUT2D eigenvalue weighted by atomic mass is 32.2. The van der Waals surface area contributed by atoms with Crippen LogP contribution in [0.5, 0.6) is 0 Å². The number of Topliss-reactive ketones (excluding diaryl/α,β-unsaturated/α-hetero) is 2. The van der Waals surface area contributed by atoms with Crippen molar-refractivity contribution < 1.29 is 65.7 Å². The molecule has 92 heavy (non-hydrogen) atoms. The second kappa shape index (κ2) is 32.3. The zero-order chi connectivity index (χ0) is 66.0. The number of ketones is 2. The number of nitrogens with one attached hydrogen (secondary N) is 2. The van der Waals surface area contributed by atoms with E-state index in [1.54, 1.807) is 64.5 Å². The summed E-state index contributed by atoms with van der Waals surface area (Å²) in [4.78, 5) is 120. The molecule has 2 atom stereocenters. The van der Waals surface area contributed by atoms with E-state index in [2.05, 4.69) is 42.8 Å². The molecule has 0 fully saturated rings. The molecule has 0 saturated heterocycles. The standard InChI is InChI=1S/C65H77N11O15S/c1-6-65(55-32-57-59-53(37-76(57)61(82)54(55)41-89-62(65)83)51(25-27-75(42(2)3)43(4)77)52-18-10-11-19-56(52)71-59)91-64(84)90-38-44-21-23-47(24-22-44)70-60(81)46(16-12-13-26-66)31-50(79)40-88-39-49(78)17-14-29-87-30-28-74-36-48(72-73-74)35-67-58(80)20-9-7-8-15-45-33-68-63(69-34-45)92(5,85)86/h10-11,18-19,21-24,32-34,36,42,46H,6-7,9,12-14,16-17,20,25-31,35,37-41,66H2,1-5H3,(H,67,80)(H,70,81)/t46-,65+/m1/s1. The number of esters is 1. The number of nitrogens with zero attached hydrogens (tertiary/aromatic N) is 8. The first-order valence-corrected chi connectivity index (χ1v) is 32.5. The molecular formula is C65H77N11O15S. The quantitative estimate of drug-likeness (QED) is 0.0195. The van der Waals surface area contributed by atoms with Crippen LogP contribution in [-0.2, 0) is 107 Å². The Hall–Kier alpha value is -9.10. The van der Waals surface area contributed by atoms with Gasteiger partial charge in [-0.05, 0) is 94.3 Å². The molecule has 27 heteroatoms. The van der Waals surface area contributed by atoms with Crippen molar-refractivity contribution >= 4 is 67.8 Å². The number of rotatable bonds is 33. The van der Waals surface area contributed by atoms with Crippen LogP contribution in [0.4, 0.5) is 10.5 Å². The number of hydrogen-bond donors (Lipinski definition) is 3. The average molecular weight is 1280 g/mol. The van der Waals surface area contributed by atoms with E-state index in [1.807, 2.05) is 38.1 Å². The average Bonchev–Trinajstić information content (AvgIpc) is 1.43. The van der Waals surface area contributed by atoms with E-state index in [9.17, 15) is 46.8 Å². The van der Waals surface area contributed by atoms with Crippen molar-refractivity contribution in [3.63, 3.8) is 0 Å². The largest absolute Gasteiger partial charge is 0.510 e. The number of hydrogen-bond acceptors (Lipinski definition) is 21. The van der Waals surface area contributed by atoms with E-state index in [0.717, 1.165) is 22.8 Å². The molecule has 2 aliphatic rings. The second-order valence-electron chi connectivity index (χ2n) is 22.8. The molecule has 26 nitrogen and oxygen atoms in total. The number of pyridine rings is 2. The second-order valence-corrected chi connectivity index (χ2v) is 24.7. The van der Waals surface area contributed by atoms with Gasteiger partial charge in [-0.25, -0.2) is 37.6 Å². The van der Waals surface area contributed by atoms with Gasteiger partial charge in [-0.15, -0.1) is 5.10 Å². The summed E-state index contributed by atoms with van der Waals surface area (Å²) in [7, 11) is -3.50. The Balaban J connectivity index is 0.743. The lowest BCUT2D eigenvalue weighted by Gasteiger charge is -2.35. The number of fused-ring (bicyclic) bond motifs is 5. The number of amides is 3. The normalized spacial score (nSPS) is 14.3.